The van der Waals surface area contributed by atoms with Gasteiger partial charge in [0.15, 0.2) is 0 Å². The molecule has 2 aromatic rings. The summed E-state index contributed by atoms with van der Waals surface area (Å²) >= 11 is 0. The van der Waals surface area contributed by atoms with Crippen LogP contribution in [0.3, 0.4) is 0 Å². The van der Waals surface area contributed by atoms with Gasteiger partial charge in [0.2, 0.25) is 5.91 Å². The smallest absolute Gasteiger partial charge is 0.305 e. The molecule has 0 spiro atoms. The van der Waals surface area contributed by atoms with E-state index in [9.17, 15) is 14.7 Å². The van der Waals surface area contributed by atoms with E-state index in [1.54, 1.807) is 50.4 Å². The Bertz CT molecular complexity index is 835. The average molecular weight is 387 g/mol. The number of carboxylic acids is 1. The first kappa shape index (κ1) is 21.1. The molecule has 0 aliphatic heterocycles. The van der Waals surface area contributed by atoms with Crippen molar-refractivity contribution in [3.05, 3.63) is 53.6 Å². The second kappa shape index (κ2) is 9.64. The predicted octanol–water partition coefficient (Wildman–Crippen LogP) is 3.15. The number of hydrogen-bond donors (Lipinski definition) is 2. The summed E-state index contributed by atoms with van der Waals surface area (Å²) < 4.78 is 15.7. The minimum Gasteiger partial charge on any atom is -0.497 e. The van der Waals surface area contributed by atoms with E-state index in [1.807, 2.05) is 6.07 Å². The van der Waals surface area contributed by atoms with Crippen LogP contribution in [0.25, 0.3) is 0 Å². The van der Waals surface area contributed by atoms with E-state index in [0.717, 1.165) is 5.56 Å². The van der Waals surface area contributed by atoms with E-state index in [2.05, 4.69) is 5.32 Å². The summed E-state index contributed by atoms with van der Waals surface area (Å²) in [4.78, 5) is 24.2. The Balaban J connectivity index is 2.28. The third-order valence-corrected chi connectivity index (χ3v) is 4.50. The Labute approximate surface area is 164 Å². The second-order valence-electron chi connectivity index (χ2n) is 6.27. The Kier molecular flexibility index (Phi) is 7.26. The molecule has 0 saturated heterocycles. The zero-order valence-corrected chi connectivity index (χ0v) is 16.4. The zero-order valence-electron chi connectivity index (χ0n) is 16.4. The lowest BCUT2D eigenvalue weighted by atomic mass is 9.97. The molecular weight excluding hydrogens is 362 g/mol. The normalized spacial score (nSPS) is 12.6. The van der Waals surface area contributed by atoms with Crippen LogP contribution in [0.2, 0.25) is 0 Å². The summed E-state index contributed by atoms with van der Waals surface area (Å²) in [6, 6.07) is 11.5. The minimum atomic E-state index is -1.03. The fourth-order valence-electron chi connectivity index (χ4n) is 2.88. The van der Waals surface area contributed by atoms with Crippen LogP contribution in [0.15, 0.2) is 42.5 Å². The number of rotatable bonds is 9. The number of hydrogen-bond acceptors (Lipinski definition) is 5. The summed E-state index contributed by atoms with van der Waals surface area (Å²) in [5.74, 6) is -0.146. The molecule has 2 unspecified atom stereocenters. The van der Waals surface area contributed by atoms with Gasteiger partial charge in [0.05, 0.1) is 39.7 Å². The Hall–Kier alpha value is -3.22. The molecule has 0 fully saturated rings. The lowest BCUT2D eigenvalue weighted by Gasteiger charge is -2.22. The molecule has 7 nitrogen and oxygen atoms in total. The van der Waals surface area contributed by atoms with Crippen LogP contribution in [0.4, 0.5) is 0 Å². The van der Waals surface area contributed by atoms with Crippen molar-refractivity contribution in [2.75, 3.05) is 21.3 Å². The van der Waals surface area contributed by atoms with Gasteiger partial charge in [-0.2, -0.15) is 0 Å². The highest BCUT2D eigenvalue weighted by Gasteiger charge is 2.25. The maximum atomic E-state index is 12.8. The van der Waals surface area contributed by atoms with E-state index in [4.69, 9.17) is 14.2 Å². The van der Waals surface area contributed by atoms with Crippen molar-refractivity contribution in [3.63, 3.8) is 0 Å². The number of carbonyl (C=O) groups is 2. The number of carboxylic acid groups (broad SMARTS) is 1. The lowest BCUT2D eigenvalue weighted by molar-refractivity contribution is -0.137. The van der Waals surface area contributed by atoms with Crippen molar-refractivity contribution < 1.29 is 28.9 Å². The molecule has 28 heavy (non-hydrogen) atoms. The lowest BCUT2D eigenvalue weighted by Crippen LogP contribution is -2.33. The molecule has 0 aliphatic carbocycles. The molecule has 0 aromatic heterocycles. The fourth-order valence-corrected chi connectivity index (χ4v) is 2.88. The van der Waals surface area contributed by atoms with Crippen molar-refractivity contribution in [3.8, 4) is 17.2 Å². The van der Waals surface area contributed by atoms with Gasteiger partial charge in [-0.1, -0.05) is 12.1 Å². The van der Waals surface area contributed by atoms with Gasteiger partial charge in [0, 0.05) is 11.6 Å². The number of carbonyl (C=O) groups excluding carboxylic acids is 1. The first-order chi connectivity index (χ1) is 13.4. The standard InChI is InChI=1S/C21H25NO6/c1-13(14-6-5-7-15(10-14)26-2)21(25)22-18(12-20(23)24)17-9-8-16(27-3)11-19(17)28-4/h5-11,13,18H,12H2,1-4H3,(H,22,25)(H,23,24). The van der Waals surface area contributed by atoms with Gasteiger partial charge in [-0.3, -0.25) is 9.59 Å². The number of benzene rings is 2. The molecule has 0 saturated carbocycles. The van der Waals surface area contributed by atoms with Gasteiger partial charge < -0.3 is 24.6 Å². The highest BCUT2D eigenvalue weighted by molar-refractivity contribution is 5.84. The maximum absolute atomic E-state index is 12.8. The van der Waals surface area contributed by atoms with Crippen molar-refractivity contribution in [1.29, 1.82) is 0 Å². The van der Waals surface area contributed by atoms with Gasteiger partial charge in [-0.05, 0) is 36.8 Å². The van der Waals surface area contributed by atoms with Crippen LogP contribution < -0.4 is 19.5 Å². The van der Waals surface area contributed by atoms with Crippen LogP contribution >= 0.6 is 0 Å². The number of ether oxygens (including phenoxy) is 3. The average Bonchev–Trinajstić information content (AvgIpc) is 2.71. The third kappa shape index (κ3) is 5.16. The van der Waals surface area contributed by atoms with Gasteiger partial charge in [-0.25, -0.2) is 0 Å². The van der Waals surface area contributed by atoms with Gasteiger partial charge in [0.1, 0.15) is 17.2 Å². The molecule has 0 heterocycles. The summed E-state index contributed by atoms with van der Waals surface area (Å²) in [7, 11) is 4.57. The van der Waals surface area contributed by atoms with Crippen LogP contribution in [0.5, 0.6) is 17.2 Å². The van der Waals surface area contributed by atoms with Gasteiger partial charge in [-0.15, -0.1) is 0 Å². The summed E-state index contributed by atoms with van der Waals surface area (Å²) in [6.07, 6.45) is -0.279. The topological polar surface area (TPSA) is 94.1 Å². The Morgan fingerprint density at radius 3 is 2.29 bits per heavy atom. The monoisotopic (exact) mass is 387 g/mol. The number of nitrogens with one attached hydrogen (secondary N) is 1. The number of amides is 1. The molecule has 0 radical (unpaired) electrons. The molecule has 2 rings (SSSR count). The largest absolute Gasteiger partial charge is 0.497 e. The summed E-state index contributed by atoms with van der Waals surface area (Å²) in [5.41, 5.74) is 1.34. The molecule has 1 amide bonds. The van der Waals surface area contributed by atoms with E-state index in [-0.39, 0.29) is 12.3 Å². The minimum absolute atomic E-state index is 0.279. The predicted molar refractivity (Wildman–Crippen MR) is 104 cm³/mol. The summed E-state index contributed by atoms with van der Waals surface area (Å²) in [6.45, 7) is 1.76. The maximum Gasteiger partial charge on any atom is 0.305 e. The zero-order chi connectivity index (χ0) is 20.7. The van der Waals surface area contributed by atoms with Crippen LogP contribution in [0, 0.1) is 0 Å². The number of aliphatic carboxylic acids is 1. The van der Waals surface area contributed by atoms with E-state index < -0.39 is 17.9 Å². The Morgan fingerprint density at radius 2 is 1.68 bits per heavy atom. The molecule has 2 N–H and O–H groups in total. The molecule has 2 aromatic carbocycles. The highest BCUT2D eigenvalue weighted by Crippen LogP contribution is 2.32. The van der Waals surface area contributed by atoms with Crippen molar-refractivity contribution in [1.82, 2.24) is 5.32 Å². The Morgan fingerprint density at radius 1 is 1.00 bits per heavy atom. The molecule has 7 heteroatoms. The molecule has 0 aliphatic rings. The first-order valence-electron chi connectivity index (χ1n) is 8.77. The van der Waals surface area contributed by atoms with Crippen molar-refractivity contribution in [2.45, 2.75) is 25.3 Å². The second-order valence-corrected chi connectivity index (χ2v) is 6.27. The van der Waals surface area contributed by atoms with Crippen molar-refractivity contribution >= 4 is 11.9 Å². The van der Waals surface area contributed by atoms with Crippen LogP contribution in [0.1, 0.15) is 36.4 Å². The van der Waals surface area contributed by atoms with Gasteiger partial charge in [0.25, 0.3) is 0 Å². The fraction of sp³-hybridized carbons (Fsp3) is 0.333. The van der Waals surface area contributed by atoms with Crippen molar-refractivity contribution in [2.24, 2.45) is 0 Å². The van der Waals surface area contributed by atoms with Crippen LogP contribution in [-0.2, 0) is 9.59 Å². The number of methoxy groups -OCH3 is 3. The summed E-state index contributed by atoms with van der Waals surface area (Å²) in [5, 5.41) is 12.1. The van der Waals surface area contributed by atoms with Crippen LogP contribution in [-0.4, -0.2) is 38.3 Å². The molecule has 150 valence electrons. The third-order valence-electron chi connectivity index (χ3n) is 4.50. The molecule has 0 bridgehead atoms. The molecule has 2 atom stereocenters. The first-order valence-corrected chi connectivity index (χ1v) is 8.77. The SMILES string of the molecule is COc1cccc(C(C)C(=O)NC(CC(=O)O)c2ccc(OC)cc2OC)c1. The molecular formula is C21H25NO6. The quantitative estimate of drug-likeness (QED) is 0.686. The van der Waals surface area contributed by atoms with E-state index in [1.165, 1.54) is 14.2 Å². The highest BCUT2D eigenvalue weighted by atomic mass is 16.5. The van der Waals surface area contributed by atoms with E-state index in [0.29, 0.717) is 22.8 Å². The van der Waals surface area contributed by atoms with E-state index >= 15 is 0 Å². The van der Waals surface area contributed by atoms with Gasteiger partial charge >= 0.3 is 5.97 Å².